The third-order valence-electron chi connectivity index (χ3n) is 5.52. The molecule has 5 rings (SSSR count). The second-order valence-electron chi connectivity index (χ2n) is 7.36. The van der Waals surface area contributed by atoms with Crippen molar-refractivity contribution >= 4 is 27.8 Å². The van der Waals surface area contributed by atoms with Crippen LogP contribution in [0.5, 0.6) is 0 Å². The molecule has 3 heterocycles. The molecule has 1 aliphatic heterocycles. The van der Waals surface area contributed by atoms with Crippen molar-refractivity contribution in [1.82, 2.24) is 24.3 Å². The number of aromatic nitrogens is 3. The van der Waals surface area contributed by atoms with E-state index >= 15 is 0 Å². The normalized spacial score (nSPS) is 15.5. The van der Waals surface area contributed by atoms with Gasteiger partial charge < -0.3 is 14.5 Å². The number of aromatic amines is 1. The Balaban J connectivity index is 1.19. The van der Waals surface area contributed by atoms with Crippen molar-refractivity contribution in [2.24, 2.45) is 0 Å². The molecular formula is C22H23N5O. The van der Waals surface area contributed by atoms with E-state index in [1.807, 2.05) is 52.1 Å². The Hall–Kier alpha value is -3.12. The Bertz CT molecular complexity index is 1090. The highest BCUT2D eigenvalue weighted by molar-refractivity contribution is 5.83. The summed E-state index contributed by atoms with van der Waals surface area (Å²) in [6, 6.07) is 18.3. The van der Waals surface area contributed by atoms with Crippen LogP contribution in [0.4, 0.5) is 0 Å². The molecule has 0 aliphatic carbocycles. The zero-order valence-corrected chi connectivity index (χ0v) is 15.7. The fourth-order valence-electron chi connectivity index (χ4n) is 3.97. The lowest BCUT2D eigenvalue weighted by Gasteiger charge is -2.34. The summed E-state index contributed by atoms with van der Waals surface area (Å²) in [4.78, 5) is 25.1. The number of imidazole rings is 1. The van der Waals surface area contributed by atoms with E-state index in [-0.39, 0.29) is 5.91 Å². The van der Waals surface area contributed by atoms with E-state index in [4.69, 9.17) is 0 Å². The highest BCUT2D eigenvalue weighted by Gasteiger charge is 2.22. The van der Waals surface area contributed by atoms with E-state index in [0.29, 0.717) is 6.54 Å². The molecule has 1 saturated heterocycles. The maximum absolute atomic E-state index is 12.8. The molecule has 1 amide bonds. The van der Waals surface area contributed by atoms with E-state index in [9.17, 15) is 4.79 Å². The number of nitrogens with zero attached hydrogens (tertiary/aromatic N) is 4. The number of piperazine rings is 1. The van der Waals surface area contributed by atoms with Gasteiger partial charge in [-0.25, -0.2) is 4.98 Å². The van der Waals surface area contributed by atoms with Crippen LogP contribution in [-0.4, -0.2) is 56.4 Å². The maximum Gasteiger partial charge on any atom is 0.242 e. The number of hydrogen-bond donors (Lipinski definition) is 1. The predicted molar refractivity (Wildman–Crippen MR) is 110 cm³/mol. The number of hydrogen-bond acceptors (Lipinski definition) is 3. The van der Waals surface area contributed by atoms with Crippen LogP contribution in [0.15, 0.2) is 60.8 Å². The molecule has 6 nitrogen and oxygen atoms in total. The minimum Gasteiger partial charge on any atom is -0.341 e. The molecule has 2 aromatic heterocycles. The number of nitrogens with one attached hydrogen (secondary N) is 1. The van der Waals surface area contributed by atoms with E-state index in [1.54, 1.807) is 0 Å². The van der Waals surface area contributed by atoms with Crippen molar-refractivity contribution < 1.29 is 4.79 Å². The minimum absolute atomic E-state index is 0.185. The van der Waals surface area contributed by atoms with Crippen LogP contribution in [0.25, 0.3) is 21.9 Å². The van der Waals surface area contributed by atoms with Crippen molar-refractivity contribution in [1.29, 1.82) is 0 Å². The zero-order chi connectivity index (χ0) is 18.9. The van der Waals surface area contributed by atoms with Crippen LogP contribution in [0.1, 0.15) is 5.82 Å². The second kappa shape index (κ2) is 7.13. The first-order chi connectivity index (χ1) is 13.8. The van der Waals surface area contributed by atoms with Crippen LogP contribution >= 0.6 is 0 Å². The van der Waals surface area contributed by atoms with Crippen LogP contribution in [0.3, 0.4) is 0 Å². The maximum atomic E-state index is 12.8. The summed E-state index contributed by atoms with van der Waals surface area (Å²) in [5.41, 5.74) is 3.19. The van der Waals surface area contributed by atoms with Crippen LogP contribution in [0, 0.1) is 0 Å². The number of amides is 1. The summed E-state index contributed by atoms with van der Waals surface area (Å²) in [6.45, 7) is 4.46. The van der Waals surface area contributed by atoms with Gasteiger partial charge in [-0.1, -0.05) is 30.3 Å². The van der Waals surface area contributed by atoms with Crippen LogP contribution in [-0.2, 0) is 17.9 Å². The molecule has 2 aromatic carbocycles. The lowest BCUT2D eigenvalue weighted by atomic mass is 10.2. The molecule has 0 spiro atoms. The lowest BCUT2D eigenvalue weighted by molar-refractivity contribution is -0.133. The Labute approximate surface area is 163 Å². The summed E-state index contributed by atoms with van der Waals surface area (Å²) in [5, 5.41) is 1.17. The van der Waals surface area contributed by atoms with Gasteiger partial charge in [0.25, 0.3) is 0 Å². The molecule has 142 valence electrons. The van der Waals surface area contributed by atoms with Gasteiger partial charge in [0.15, 0.2) is 0 Å². The molecule has 4 aromatic rings. The van der Waals surface area contributed by atoms with Gasteiger partial charge in [0.1, 0.15) is 12.4 Å². The number of H-pyrrole nitrogens is 1. The molecule has 0 radical (unpaired) electrons. The van der Waals surface area contributed by atoms with Crippen molar-refractivity contribution in [3.8, 4) is 0 Å². The van der Waals surface area contributed by atoms with Gasteiger partial charge in [0.05, 0.1) is 17.6 Å². The van der Waals surface area contributed by atoms with Gasteiger partial charge >= 0.3 is 0 Å². The Morgan fingerprint density at radius 2 is 1.75 bits per heavy atom. The number of rotatable bonds is 4. The van der Waals surface area contributed by atoms with Gasteiger partial charge in [0.2, 0.25) is 5.91 Å². The molecule has 1 N–H and O–H groups in total. The SMILES string of the molecule is O=C(Cn1ccc2ccccc21)N1CCN(Cc2nc3ccccc3[nH]2)CC1. The van der Waals surface area contributed by atoms with Crippen LogP contribution in [0.2, 0.25) is 0 Å². The van der Waals surface area contributed by atoms with E-state index in [2.05, 4.69) is 33.1 Å². The fourth-order valence-corrected chi connectivity index (χ4v) is 3.97. The van der Waals surface area contributed by atoms with Crippen LogP contribution < -0.4 is 0 Å². The van der Waals surface area contributed by atoms with Gasteiger partial charge in [-0.2, -0.15) is 0 Å². The van der Waals surface area contributed by atoms with Gasteiger partial charge in [-0.05, 0) is 29.7 Å². The Morgan fingerprint density at radius 1 is 0.964 bits per heavy atom. The summed E-state index contributed by atoms with van der Waals surface area (Å²) in [5.74, 6) is 1.17. The first-order valence-corrected chi connectivity index (χ1v) is 9.74. The number of para-hydroxylation sites is 3. The highest BCUT2D eigenvalue weighted by atomic mass is 16.2. The van der Waals surface area contributed by atoms with Gasteiger partial charge in [-0.15, -0.1) is 0 Å². The van der Waals surface area contributed by atoms with Crippen molar-refractivity contribution in [3.63, 3.8) is 0 Å². The van der Waals surface area contributed by atoms with E-state index < -0.39 is 0 Å². The predicted octanol–water partition coefficient (Wildman–Crippen LogP) is 2.86. The third kappa shape index (κ3) is 3.27. The molecule has 0 atom stereocenters. The smallest absolute Gasteiger partial charge is 0.242 e. The van der Waals surface area contributed by atoms with E-state index in [0.717, 1.165) is 55.1 Å². The number of fused-ring (bicyclic) bond motifs is 2. The summed E-state index contributed by atoms with van der Waals surface area (Å²) in [6.07, 6.45) is 2.00. The third-order valence-corrected chi connectivity index (χ3v) is 5.52. The Kier molecular flexibility index (Phi) is 4.33. The number of carbonyl (C=O) groups is 1. The lowest BCUT2D eigenvalue weighted by Crippen LogP contribution is -2.49. The second-order valence-corrected chi connectivity index (χ2v) is 7.36. The highest BCUT2D eigenvalue weighted by Crippen LogP contribution is 2.16. The molecule has 1 aliphatic rings. The Morgan fingerprint density at radius 3 is 2.61 bits per heavy atom. The van der Waals surface area contributed by atoms with Crippen molar-refractivity contribution in [3.05, 3.63) is 66.6 Å². The van der Waals surface area contributed by atoms with E-state index in [1.165, 1.54) is 5.39 Å². The average molecular weight is 373 g/mol. The molecule has 28 heavy (non-hydrogen) atoms. The molecule has 0 saturated carbocycles. The quantitative estimate of drug-likeness (QED) is 0.598. The topological polar surface area (TPSA) is 57.2 Å². The van der Waals surface area contributed by atoms with Crippen molar-refractivity contribution in [2.75, 3.05) is 26.2 Å². The minimum atomic E-state index is 0.185. The summed E-state index contributed by atoms with van der Waals surface area (Å²) in [7, 11) is 0. The monoisotopic (exact) mass is 373 g/mol. The zero-order valence-electron chi connectivity index (χ0n) is 15.7. The largest absolute Gasteiger partial charge is 0.341 e. The number of benzene rings is 2. The summed E-state index contributed by atoms with van der Waals surface area (Å²) >= 11 is 0. The molecule has 1 fully saturated rings. The fraction of sp³-hybridized carbons (Fsp3) is 0.273. The first-order valence-electron chi connectivity index (χ1n) is 9.74. The average Bonchev–Trinajstić information content (AvgIpc) is 3.32. The molecule has 6 heteroatoms. The summed E-state index contributed by atoms with van der Waals surface area (Å²) < 4.78 is 2.04. The molecular weight excluding hydrogens is 350 g/mol. The van der Waals surface area contributed by atoms with Gasteiger partial charge in [-0.3, -0.25) is 9.69 Å². The van der Waals surface area contributed by atoms with Crippen molar-refractivity contribution in [2.45, 2.75) is 13.1 Å². The molecule has 0 unspecified atom stereocenters. The first kappa shape index (κ1) is 17.0. The number of carbonyl (C=O) groups excluding carboxylic acids is 1. The molecule has 0 bridgehead atoms. The van der Waals surface area contributed by atoms with Gasteiger partial charge in [0, 0.05) is 37.9 Å². The standard InChI is InChI=1S/C22H23N5O/c28-22(16-27-10-9-17-5-1-4-8-20(17)27)26-13-11-25(12-14-26)15-21-23-18-6-2-3-7-19(18)24-21/h1-10H,11-16H2,(H,23,24).